The van der Waals surface area contributed by atoms with Gasteiger partial charge in [-0.05, 0) is 12.5 Å². The Balaban J connectivity index is 2.02. The van der Waals surface area contributed by atoms with E-state index in [1.807, 2.05) is 0 Å². The zero-order chi connectivity index (χ0) is 14.7. The first-order valence-electron chi connectivity index (χ1n) is 6.34. The predicted molar refractivity (Wildman–Crippen MR) is 72.0 cm³/mol. The van der Waals surface area contributed by atoms with Gasteiger partial charge in [-0.1, -0.05) is 12.1 Å². The maximum absolute atomic E-state index is 12.0. The highest BCUT2D eigenvalue weighted by Gasteiger charge is 2.31. The van der Waals surface area contributed by atoms with Crippen molar-refractivity contribution in [1.82, 2.24) is 5.32 Å². The summed E-state index contributed by atoms with van der Waals surface area (Å²) in [6, 6.07) is 4.52. The van der Waals surface area contributed by atoms with Crippen molar-refractivity contribution in [2.24, 2.45) is 11.7 Å². The van der Waals surface area contributed by atoms with Gasteiger partial charge in [-0.15, -0.1) is 0 Å². The second-order valence-electron chi connectivity index (χ2n) is 4.84. The number of nitrogens with two attached hydrogens (primary N) is 1. The van der Waals surface area contributed by atoms with Crippen LogP contribution in [0.5, 0.6) is 0 Å². The number of nitrogens with zero attached hydrogens (tertiary/aromatic N) is 1. The highest BCUT2D eigenvalue weighted by Crippen LogP contribution is 2.21. The summed E-state index contributed by atoms with van der Waals surface area (Å²) in [5.74, 6) is -0.532. The molecule has 1 aromatic rings. The summed E-state index contributed by atoms with van der Waals surface area (Å²) in [4.78, 5) is 22.4. The first-order valence-corrected chi connectivity index (χ1v) is 6.34. The Bertz CT molecular complexity index is 532. The second kappa shape index (κ2) is 5.98. The number of carbonyl (C=O) groups is 1. The Morgan fingerprint density at radius 1 is 1.55 bits per heavy atom. The number of amides is 1. The molecule has 7 nitrogen and oxygen atoms in total. The van der Waals surface area contributed by atoms with Crippen molar-refractivity contribution >= 4 is 11.6 Å². The molecule has 1 heterocycles. The van der Waals surface area contributed by atoms with Crippen molar-refractivity contribution in [2.75, 3.05) is 13.2 Å². The Hall–Kier alpha value is -1.99. The topological polar surface area (TPSA) is 107 Å². The molecule has 2 atom stereocenters. The monoisotopic (exact) mass is 279 g/mol. The van der Waals surface area contributed by atoms with Gasteiger partial charge in [0.15, 0.2) is 0 Å². The minimum Gasteiger partial charge on any atom is -0.379 e. The van der Waals surface area contributed by atoms with Crippen LogP contribution in [0.3, 0.4) is 0 Å². The van der Waals surface area contributed by atoms with Crippen molar-refractivity contribution in [2.45, 2.75) is 19.5 Å². The van der Waals surface area contributed by atoms with Crippen LogP contribution in [0.2, 0.25) is 0 Å². The fourth-order valence-corrected chi connectivity index (χ4v) is 2.21. The molecule has 20 heavy (non-hydrogen) atoms. The van der Waals surface area contributed by atoms with Crippen LogP contribution >= 0.6 is 0 Å². The van der Waals surface area contributed by atoms with Gasteiger partial charge in [-0.25, -0.2) is 0 Å². The number of nitro groups is 1. The number of nitro benzene ring substituents is 1. The summed E-state index contributed by atoms with van der Waals surface area (Å²) in [5, 5.41) is 13.6. The second-order valence-corrected chi connectivity index (χ2v) is 4.84. The molecule has 1 aromatic carbocycles. The summed E-state index contributed by atoms with van der Waals surface area (Å²) in [5.41, 5.74) is 7.10. The quantitative estimate of drug-likeness (QED) is 0.616. The van der Waals surface area contributed by atoms with Crippen LogP contribution in [-0.4, -0.2) is 30.1 Å². The number of ether oxygens (including phenoxy) is 1. The van der Waals surface area contributed by atoms with Crippen molar-refractivity contribution in [3.05, 3.63) is 39.4 Å². The van der Waals surface area contributed by atoms with E-state index in [2.05, 4.69) is 5.32 Å². The first kappa shape index (κ1) is 14.4. The molecule has 108 valence electrons. The number of nitrogens with one attached hydrogen (secondary N) is 1. The highest BCUT2D eigenvalue weighted by atomic mass is 16.6. The molecule has 0 bridgehead atoms. The third-order valence-corrected chi connectivity index (χ3v) is 3.53. The molecule has 1 aliphatic rings. The maximum Gasteiger partial charge on any atom is 0.272 e. The van der Waals surface area contributed by atoms with Gasteiger partial charge in [0.25, 0.3) is 5.69 Å². The van der Waals surface area contributed by atoms with E-state index in [9.17, 15) is 14.9 Å². The molecule has 0 aromatic heterocycles. The van der Waals surface area contributed by atoms with Crippen LogP contribution in [-0.2, 0) is 16.1 Å². The lowest BCUT2D eigenvalue weighted by Crippen LogP contribution is -2.40. The van der Waals surface area contributed by atoms with Gasteiger partial charge in [0, 0.05) is 24.2 Å². The lowest BCUT2D eigenvalue weighted by Gasteiger charge is -2.14. The van der Waals surface area contributed by atoms with E-state index in [0.717, 1.165) is 5.56 Å². The lowest BCUT2D eigenvalue weighted by atomic mass is 10.0. The van der Waals surface area contributed by atoms with Crippen LogP contribution in [0.1, 0.15) is 11.1 Å². The molecule has 1 aliphatic heterocycles. The molecule has 1 fully saturated rings. The minimum atomic E-state index is -0.429. The third kappa shape index (κ3) is 2.94. The average molecular weight is 279 g/mol. The molecule has 2 rings (SSSR count). The average Bonchev–Trinajstić information content (AvgIpc) is 2.83. The number of hydrogen-bond donors (Lipinski definition) is 2. The van der Waals surface area contributed by atoms with E-state index < -0.39 is 4.92 Å². The van der Waals surface area contributed by atoms with E-state index in [4.69, 9.17) is 10.5 Å². The number of hydrogen-bond acceptors (Lipinski definition) is 5. The molecule has 1 amide bonds. The maximum atomic E-state index is 12.0. The normalized spacial score (nSPS) is 21.7. The SMILES string of the molecule is Cc1c(CNC(=O)C2COCC2N)cccc1[N+](=O)[O-]. The Morgan fingerprint density at radius 2 is 2.30 bits per heavy atom. The van der Waals surface area contributed by atoms with E-state index >= 15 is 0 Å². The Kier molecular flexibility index (Phi) is 4.31. The summed E-state index contributed by atoms with van der Waals surface area (Å²) < 4.78 is 5.14. The molecular formula is C13H17N3O4. The fraction of sp³-hybridized carbons (Fsp3) is 0.462. The number of benzene rings is 1. The van der Waals surface area contributed by atoms with E-state index in [1.54, 1.807) is 19.1 Å². The van der Waals surface area contributed by atoms with Crippen molar-refractivity contribution in [3.8, 4) is 0 Å². The Labute approximate surface area is 116 Å². The van der Waals surface area contributed by atoms with Gasteiger partial charge < -0.3 is 15.8 Å². The first-order chi connectivity index (χ1) is 9.50. The van der Waals surface area contributed by atoms with E-state index in [0.29, 0.717) is 18.8 Å². The van der Waals surface area contributed by atoms with Gasteiger partial charge in [0.2, 0.25) is 5.91 Å². The molecule has 0 radical (unpaired) electrons. The van der Waals surface area contributed by atoms with Crippen LogP contribution < -0.4 is 11.1 Å². The van der Waals surface area contributed by atoms with Gasteiger partial charge in [-0.3, -0.25) is 14.9 Å². The van der Waals surface area contributed by atoms with Gasteiger partial charge in [0.05, 0.1) is 24.1 Å². The summed E-state index contributed by atoms with van der Waals surface area (Å²) in [6.45, 7) is 2.62. The molecule has 0 spiro atoms. The van der Waals surface area contributed by atoms with Crippen LogP contribution in [0, 0.1) is 23.0 Å². The molecule has 7 heteroatoms. The third-order valence-electron chi connectivity index (χ3n) is 3.53. The van der Waals surface area contributed by atoms with Crippen molar-refractivity contribution < 1.29 is 14.5 Å². The van der Waals surface area contributed by atoms with Gasteiger partial charge >= 0.3 is 0 Å². The molecule has 3 N–H and O–H groups in total. The van der Waals surface area contributed by atoms with Crippen LogP contribution in [0.25, 0.3) is 0 Å². The summed E-state index contributed by atoms with van der Waals surface area (Å²) in [7, 11) is 0. The summed E-state index contributed by atoms with van der Waals surface area (Å²) >= 11 is 0. The standard InChI is InChI=1S/C13H17N3O4/c1-8-9(3-2-4-12(8)16(18)19)5-15-13(17)10-6-20-7-11(10)14/h2-4,10-11H,5-7,14H2,1H3,(H,15,17). The molecule has 0 aliphatic carbocycles. The number of carbonyl (C=O) groups excluding carboxylic acids is 1. The zero-order valence-corrected chi connectivity index (χ0v) is 11.2. The van der Waals surface area contributed by atoms with Crippen molar-refractivity contribution in [1.29, 1.82) is 0 Å². The lowest BCUT2D eigenvalue weighted by molar-refractivity contribution is -0.385. The fourth-order valence-electron chi connectivity index (χ4n) is 2.21. The van der Waals surface area contributed by atoms with Gasteiger partial charge in [0.1, 0.15) is 0 Å². The highest BCUT2D eigenvalue weighted by molar-refractivity contribution is 5.79. The van der Waals surface area contributed by atoms with Gasteiger partial charge in [-0.2, -0.15) is 0 Å². The predicted octanol–water partition coefficient (Wildman–Crippen LogP) is 0.493. The zero-order valence-electron chi connectivity index (χ0n) is 11.2. The van der Waals surface area contributed by atoms with Crippen LogP contribution in [0.4, 0.5) is 5.69 Å². The molecule has 2 unspecified atom stereocenters. The molecule has 0 saturated carbocycles. The molecular weight excluding hydrogens is 262 g/mol. The molecule has 1 saturated heterocycles. The number of rotatable bonds is 4. The summed E-state index contributed by atoms with van der Waals surface area (Å²) in [6.07, 6.45) is 0. The minimum absolute atomic E-state index is 0.0534. The van der Waals surface area contributed by atoms with Crippen molar-refractivity contribution in [3.63, 3.8) is 0 Å². The Morgan fingerprint density at radius 3 is 2.90 bits per heavy atom. The largest absolute Gasteiger partial charge is 0.379 e. The van der Waals surface area contributed by atoms with Crippen LogP contribution in [0.15, 0.2) is 18.2 Å². The smallest absolute Gasteiger partial charge is 0.272 e. The van der Waals surface area contributed by atoms with E-state index in [-0.39, 0.29) is 30.1 Å². The van der Waals surface area contributed by atoms with E-state index in [1.165, 1.54) is 6.07 Å².